The Kier molecular flexibility index (Phi) is 6.79. The van der Waals surface area contributed by atoms with Crippen LogP contribution in [0.4, 0.5) is 0 Å². The summed E-state index contributed by atoms with van der Waals surface area (Å²) in [5, 5.41) is 1.83. The summed E-state index contributed by atoms with van der Waals surface area (Å²) in [4.78, 5) is 40.2. The Morgan fingerprint density at radius 1 is 1.38 bits per heavy atom. The number of halogens is 1. The molecule has 2 heterocycles. The highest BCUT2D eigenvalue weighted by molar-refractivity contribution is 9.10. The highest BCUT2D eigenvalue weighted by Gasteiger charge is 2.29. The number of piperidine rings is 1. The molecule has 0 bridgehead atoms. The molecule has 6 nitrogen and oxygen atoms in total. The lowest BCUT2D eigenvalue weighted by molar-refractivity contribution is -0.151. The third-order valence-corrected chi connectivity index (χ3v) is 5.82. The summed E-state index contributed by atoms with van der Waals surface area (Å²) in [6.45, 7) is 3.24. The number of hydrogen-bond donors (Lipinski definition) is 0. The van der Waals surface area contributed by atoms with Crippen molar-refractivity contribution in [3.63, 3.8) is 0 Å². The molecule has 0 spiro atoms. The molecular weight excluding hydrogens is 396 g/mol. The van der Waals surface area contributed by atoms with Crippen molar-refractivity contribution in [1.29, 1.82) is 0 Å². The molecule has 0 aliphatic carbocycles. The Morgan fingerprint density at radius 3 is 2.58 bits per heavy atom. The van der Waals surface area contributed by atoms with Crippen LogP contribution in [0.5, 0.6) is 0 Å². The molecule has 1 saturated heterocycles. The van der Waals surface area contributed by atoms with E-state index in [1.165, 1.54) is 16.2 Å². The van der Waals surface area contributed by atoms with E-state index in [0.29, 0.717) is 37.4 Å². The van der Waals surface area contributed by atoms with Crippen LogP contribution in [0.15, 0.2) is 15.9 Å². The molecule has 1 aromatic rings. The summed E-state index contributed by atoms with van der Waals surface area (Å²) in [6.07, 6.45) is 1.22. The zero-order valence-electron chi connectivity index (χ0n) is 13.8. The summed E-state index contributed by atoms with van der Waals surface area (Å²) in [7, 11) is 1.62. The molecule has 1 fully saturated rings. The van der Waals surface area contributed by atoms with Crippen molar-refractivity contribution in [1.82, 2.24) is 9.80 Å². The van der Waals surface area contributed by atoms with Crippen molar-refractivity contribution >= 4 is 45.1 Å². The first kappa shape index (κ1) is 18.9. The van der Waals surface area contributed by atoms with Gasteiger partial charge in [-0.3, -0.25) is 14.4 Å². The number of esters is 1. The van der Waals surface area contributed by atoms with Crippen molar-refractivity contribution in [2.45, 2.75) is 19.8 Å². The van der Waals surface area contributed by atoms with Gasteiger partial charge in [-0.15, -0.1) is 11.3 Å². The number of carbonyl (C=O) groups is 3. The number of ether oxygens (including phenoxy) is 1. The van der Waals surface area contributed by atoms with Crippen LogP contribution in [-0.2, 0) is 14.3 Å². The van der Waals surface area contributed by atoms with Crippen molar-refractivity contribution in [3.05, 3.63) is 20.8 Å². The number of rotatable bonds is 5. The van der Waals surface area contributed by atoms with Gasteiger partial charge in [-0.1, -0.05) is 0 Å². The smallest absolute Gasteiger partial charge is 0.309 e. The summed E-state index contributed by atoms with van der Waals surface area (Å²) < 4.78 is 5.77. The second kappa shape index (κ2) is 8.62. The second-order valence-corrected chi connectivity index (χ2v) is 7.44. The monoisotopic (exact) mass is 416 g/mol. The first-order chi connectivity index (χ1) is 11.4. The largest absolute Gasteiger partial charge is 0.466 e. The fraction of sp³-hybridized carbons (Fsp3) is 0.562. The van der Waals surface area contributed by atoms with Crippen LogP contribution >= 0.6 is 27.3 Å². The molecule has 1 aliphatic rings. The molecular formula is C16H21BrN2O4S. The van der Waals surface area contributed by atoms with Gasteiger partial charge in [-0.2, -0.15) is 0 Å². The maximum Gasteiger partial charge on any atom is 0.309 e. The molecule has 0 N–H and O–H groups in total. The van der Waals surface area contributed by atoms with Crippen LogP contribution in [0.25, 0.3) is 0 Å². The minimum Gasteiger partial charge on any atom is -0.466 e. The summed E-state index contributed by atoms with van der Waals surface area (Å²) in [5.41, 5.74) is 0. The Balaban J connectivity index is 1.84. The third-order valence-electron chi connectivity index (χ3n) is 4.00. The maximum absolute atomic E-state index is 12.4. The van der Waals surface area contributed by atoms with Crippen molar-refractivity contribution in [3.8, 4) is 0 Å². The molecule has 0 aromatic carbocycles. The van der Waals surface area contributed by atoms with Gasteiger partial charge in [0.05, 0.1) is 19.1 Å². The number of hydrogen-bond acceptors (Lipinski definition) is 5. The fourth-order valence-corrected chi connectivity index (χ4v) is 4.15. The van der Waals surface area contributed by atoms with E-state index >= 15 is 0 Å². The summed E-state index contributed by atoms with van der Waals surface area (Å²) in [6, 6.07) is 1.81. The van der Waals surface area contributed by atoms with E-state index in [4.69, 9.17) is 4.74 Å². The van der Waals surface area contributed by atoms with E-state index in [1.807, 2.05) is 11.4 Å². The molecule has 1 aromatic heterocycles. The van der Waals surface area contributed by atoms with Gasteiger partial charge in [-0.25, -0.2) is 0 Å². The highest BCUT2D eigenvalue weighted by atomic mass is 79.9. The number of likely N-dealkylation sites (tertiary alicyclic amines) is 1. The predicted octanol–water partition coefficient (Wildman–Crippen LogP) is 2.38. The van der Waals surface area contributed by atoms with Crippen LogP contribution in [-0.4, -0.2) is 60.9 Å². The number of thiophene rings is 1. The zero-order valence-corrected chi connectivity index (χ0v) is 16.2. The van der Waals surface area contributed by atoms with Gasteiger partial charge in [-0.05, 0) is 47.1 Å². The van der Waals surface area contributed by atoms with Gasteiger partial charge in [0.25, 0.3) is 5.91 Å². The van der Waals surface area contributed by atoms with E-state index in [1.54, 1.807) is 18.9 Å². The molecule has 1 aliphatic heterocycles. The predicted molar refractivity (Wildman–Crippen MR) is 94.9 cm³/mol. The lowest BCUT2D eigenvalue weighted by atomic mass is 9.97. The van der Waals surface area contributed by atoms with Gasteiger partial charge < -0.3 is 14.5 Å². The number of nitrogens with zero attached hydrogens (tertiary/aromatic N) is 2. The summed E-state index contributed by atoms with van der Waals surface area (Å²) in [5.74, 6) is -0.581. The van der Waals surface area contributed by atoms with Crippen LogP contribution in [0.3, 0.4) is 0 Å². The summed E-state index contributed by atoms with van der Waals surface area (Å²) >= 11 is 4.68. The SMILES string of the molecule is CCOC(=O)C1CCN(C(=O)CN(C)C(=O)c2sccc2Br)CC1. The molecule has 8 heteroatoms. The van der Waals surface area contributed by atoms with Gasteiger partial charge in [0.15, 0.2) is 0 Å². The molecule has 24 heavy (non-hydrogen) atoms. The quantitative estimate of drug-likeness (QED) is 0.691. The van der Waals surface area contributed by atoms with Gasteiger partial charge in [0.2, 0.25) is 5.91 Å². The molecule has 0 radical (unpaired) electrons. The van der Waals surface area contributed by atoms with E-state index in [-0.39, 0.29) is 30.2 Å². The number of amides is 2. The molecule has 132 valence electrons. The zero-order chi connectivity index (χ0) is 17.7. The van der Waals surface area contributed by atoms with Crippen molar-refractivity contribution < 1.29 is 19.1 Å². The molecule has 0 saturated carbocycles. The van der Waals surface area contributed by atoms with Crippen LogP contribution < -0.4 is 0 Å². The Hall–Kier alpha value is -1.41. The standard InChI is InChI=1S/C16H21BrN2O4S/c1-3-23-16(22)11-4-7-19(8-5-11)13(20)10-18(2)15(21)14-12(17)6-9-24-14/h6,9,11H,3-5,7-8,10H2,1-2H3. The highest BCUT2D eigenvalue weighted by Crippen LogP contribution is 2.24. The minimum absolute atomic E-state index is 0.0350. The van der Waals surface area contributed by atoms with Crippen molar-refractivity contribution in [2.75, 3.05) is 33.3 Å². The fourth-order valence-electron chi connectivity index (χ4n) is 2.62. The molecule has 2 rings (SSSR count). The first-order valence-corrected chi connectivity index (χ1v) is 9.54. The van der Waals surface area contributed by atoms with Crippen LogP contribution in [0.2, 0.25) is 0 Å². The maximum atomic E-state index is 12.4. The molecule has 0 atom stereocenters. The van der Waals surface area contributed by atoms with E-state index in [2.05, 4.69) is 15.9 Å². The number of likely N-dealkylation sites (N-methyl/N-ethyl adjacent to an activating group) is 1. The van der Waals surface area contributed by atoms with Gasteiger partial charge in [0, 0.05) is 24.6 Å². The van der Waals surface area contributed by atoms with E-state index < -0.39 is 0 Å². The minimum atomic E-state index is -0.181. The number of carbonyl (C=O) groups excluding carboxylic acids is 3. The Labute approximate surface area is 153 Å². The van der Waals surface area contributed by atoms with Gasteiger partial charge in [0.1, 0.15) is 4.88 Å². The normalized spacial score (nSPS) is 15.2. The Morgan fingerprint density at radius 2 is 2.04 bits per heavy atom. The van der Waals surface area contributed by atoms with Crippen LogP contribution in [0, 0.1) is 5.92 Å². The van der Waals surface area contributed by atoms with Crippen molar-refractivity contribution in [2.24, 2.45) is 5.92 Å². The molecule has 0 unspecified atom stereocenters. The lowest BCUT2D eigenvalue weighted by Gasteiger charge is -2.32. The Bertz CT molecular complexity index is 611. The second-order valence-electron chi connectivity index (χ2n) is 5.67. The molecule has 2 amide bonds. The average molecular weight is 417 g/mol. The van der Waals surface area contributed by atoms with E-state index in [0.717, 1.165) is 4.47 Å². The third kappa shape index (κ3) is 4.57. The van der Waals surface area contributed by atoms with Crippen LogP contribution in [0.1, 0.15) is 29.4 Å². The average Bonchev–Trinajstić information content (AvgIpc) is 3.00. The topological polar surface area (TPSA) is 66.9 Å². The van der Waals surface area contributed by atoms with Gasteiger partial charge >= 0.3 is 5.97 Å². The lowest BCUT2D eigenvalue weighted by Crippen LogP contribution is -2.45. The van der Waals surface area contributed by atoms with E-state index in [9.17, 15) is 14.4 Å². The first-order valence-electron chi connectivity index (χ1n) is 7.86.